The third-order valence-electron chi connectivity index (χ3n) is 1.46. The Labute approximate surface area is 77.1 Å². The molecule has 0 aliphatic rings. The summed E-state index contributed by atoms with van der Waals surface area (Å²) >= 11 is 0. The van der Waals surface area contributed by atoms with E-state index in [1.54, 1.807) is 0 Å². The van der Waals surface area contributed by atoms with Gasteiger partial charge in [-0.3, -0.25) is 20.2 Å². The molecule has 14 heavy (non-hydrogen) atoms. The molecular weight excluding hydrogens is 194 g/mol. The van der Waals surface area contributed by atoms with Gasteiger partial charge < -0.3 is 4.84 Å². The minimum absolute atomic E-state index is 0.566. The summed E-state index contributed by atoms with van der Waals surface area (Å²) in [4.78, 5) is 22.5. The summed E-state index contributed by atoms with van der Waals surface area (Å²) in [5, 5.41) is 20.8. The fourth-order valence-corrected chi connectivity index (χ4v) is 0.915. The van der Waals surface area contributed by atoms with E-state index in [1.807, 2.05) is 0 Å². The number of nitrogens with zero attached hydrogens (tertiary/aromatic N) is 3. The van der Waals surface area contributed by atoms with Crippen molar-refractivity contribution in [2.45, 2.75) is 0 Å². The molecule has 0 bridgehead atoms. The SMILES string of the molecule is [N]Oc1cccc([N+](=O)[O-])c1[N+](=O)[O-]. The first-order valence-corrected chi connectivity index (χ1v) is 3.31. The van der Waals surface area contributed by atoms with Gasteiger partial charge in [0.15, 0.2) is 0 Å². The third kappa shape index (κ3) is 1.59. The van der Waals surface area contributed by atoms with Crippen molar-refractivity contribution in [2.75, 3.05) is 0 Å². The Bertz CT molecular complexity index is 391. The highest BCUT2D eigenvalue weighted by molar-refractivity contribution is 5.61. The number of hydrogen-bond donors (Lipinski definition) is 0. The number of rotatable bonds is 3. The number of benzene rings is 1. The van der Waals surface area contributed by atoms with Gasteiger partial charge in [0.1, 0.15) is 5.90 Å². The molecule has 0 unspecified atom stereocenters. The maximum atomic E-state index is 10.4. The normalized spacial score (nSPS) is 9.50. The van der Waals surface area contributed by atoms with Crippen LogP contribution in [0.25, 0.3) is 0 Å². The lowest BCUT2D eigenvalue weighted by atomic mass is 10.2. The maximum absolute atomic E-state index is 10.4. The largest absolute Gasteiger partial charge is 0.390 e. The van der Waals surface area contributed by atoms with Crippen LogP contribution in [0.15, 0.2) is 18.2 Å². The van der Waals surface area contributed by atoms with Crippen LogP contribution >= 0.6 is 0 Å². The third-order valence-corrected chi connectivity index (χ3v) is 1.46. The molecule has 1 rings (SSSR count). The molecule has 0 saturated carbocycles. The molecule has 8 heteroatoms. The van der Waals surface area contributed by atoms with E-state index in [4.69, 9.17) is 5.90 Å². The summed E-state index contributed by atoms with van der Waals surface area (Å²) in [6, 6.07) is 3.16. The Hall–Kier alpha value is -2.22. The maximum Gasteiger partial charge on any atom is 0.390 e. The molecule has 0 spiro atoms. The minimum Gasteiger partial charge on any atom is -0.360 e. The van der Waals surface area contributed by atoms with E-state index in [0.717, 1.165) is 18.2 Å². The molecule has 0 amide bonds. The molecule has 0 saturated heterocycles. The van der Waals surface area contributed by atoms with Crippen LogP contribution < -0.4 is 10.7 Å². The molecule has 0 atom stereocenters. The van der Waals surface area contributed by atoms with Crippen molar-refractivity contribution in [3.05, 3.63) is 38.4 Å². The van der Waals surface area contributed by atoms with Gasteiger partial charge in [-0.15, -0.1) is 0 Å². The summed E-state index contributed by atoms with van der Waals surface area (Å²) in [6.45, 7) is 0. The average Bonchev–Trinajstić information content (AvgIpc) is 2.16. The first-order chi connectivity index (χ1) is 6.57. The lowest BCUT2D eigenvalue weighted by Gasteiger charge is -1.97. The molecule has 0 aliphatic heterocycles. The van der Waals surface area contributed by atoms with Crippen molar-refractivity contribution in [3.8, 4) is 5.75 Å². The molecule has 0 heterocycles. The summed E-state index contributed by atoms with van der Waals surface area (Å²) in [7, 11) is 0. The highest BCUT2D eigenvalue weighted by Gasteiger charge is 2.29. The van der Waals surface area contributed by atoms with Crippen LogP contribution in [0.2, 0.25) is 0 Å². The van der Waals surface area contributed by atoms with Crippen molar-refractivity contribution >= 4 is 11.4 Å². The second-order valence-electron chi connectivity index (χ2n) is 2.23. The molecular formula is C6H3N3O5. The Kier molecular flexibility index (Phi) is 2.58. The number of nitro groups is 2. The van der Waals surface area contributed by atoms with E-state index in [-0.39, 0.29) is 0 Å². The van der Waals surface area contributed by atoms with Crippen molar-refractivity contribution in [1.29, 1.82) is 0 Å². The van der Waals surface area contributed by atoms with Gasteiger partial charge in [-0.05, 0) is 6.07 Å². The lowest BCUT2D eigenvalue weighted by Crippen LogP contribution is -2.00. The Morgan fingerprint density at radius 2 is 1.86 bits per heavy atom. The Balaban J connectivity index is 3.43. The summed E-state index contributed by atoms with van der Waals surface area (Å²) < 4.78 is 0. The zero-order chi connectivity index (χ0) is 10.7. The van der Waals surface area contributed by atoms with Gasteiger partial charge in [0.2, 0.25) is 5.75 Å². The topological polar surface area (TPSA) is 118 Å². The average molecular weight is 197 g/mol. The van der Waals surface area contributed by atoms with Gasteiger partial charge in [-0.1, -0.05) is 6.07 Å². The molecule has 0 N–H and O–H groups in total. The van der Waals surface area contributed by atoms with Gasteiger partial charge in [0, 0.05) is 6.07 Å². The first-order valence-electron chi connectivity index (χ1n) is 3.31. The highest BCUT2D eigenvalue weighted by atomic mass is 16.7. The summed E-state index contributed by atoms with van der Waals surface area (Å²) in [5.41, 5.74) is -1.61. The fraction of sp³-hybridized carbons (Fsp3) is 0. The van der Waals surface area contributed by atoms with E-state index in [9.17, 15) is 20.2 Å². The second kappa shape index (κ2) is 3.66. The molecule has 0 aliphatic carbocycles. The molecule has 0 fully saturated rings. The van der Waals surface area contributed by atoms with Crippen molar-refractivity contribution in [3.63, 3.8) is 0 Å². The molecule has 72 valence electrons. The number of nitro benzene ring substituents is 2. The van der Waals surface area contributed by atoms with Gasteiger partial charge in [0.05, 0.1) is 9.85 Å². The van der Waals surface area contributed by atoms with Crippen LogP contribution in [0.3, 0.4) is 0 Å². The summed E-state index contributed by atoms with van der Waals surface area (Å²) in [6.07, 6.45) is 0. The van der Waals surface area contributed by atoms with E-state index < -0.39 is 27.0 Å². The zero-order valence-corrected chi connectivity index (χ0v) is 6.61. The second-order valence-corrected chi connectivity index (χ2v) is 2.23. The van der Waals surface area contributed by atoms with Gasteiger partial charge in [-0.2, -0.15) is 0 Å². The van der Waals surface area contributed by atoms with Gasteiger partial charge >= 0.3 is 11.4 Å². The smallest absolute Gasteiger partial charge is 0.360 e. The van der Waals surface area contributed by atoms with E-state index in [0.29, 0.717) is 0 Å². The molecule has 1 aromatic rings. The lowest BCUT2D eigenvalue weighted by molar-refractivity contribution is -0.423. The molecule has 8 nitrogen and oxygen atoms in total. The number of hydrogen-bond acceptors (Lipinski definition) is 5. The van der Waals surface area contributed by atoms with Crippen LogP contribution in [-0.4, -0.2) is 9.85 Å². The highest BCUT2D eigenvalue weighted by Crippen LogP contribution is 2.35. The fourth-order valence-electron chi connectivity index (χ4n) is 0.915. The van der Waals surface area contributed by atoms with Crippen molar-refractivity contribution in [2.24, 2.45) is 0 Å². The van der Waals surface area contributed by atoms with Gasteiger partial charge in [-0.25, -0.2) is 0 Å². The van der Waals surface area contributed by atoms with Crippen molar-refractivity contribution in [1.82, 2.24) is 5.90 Å². The van der Waals surface area contributed by atoms with Crippen LogP contribution in [0.1, 0.15) is 0 Å². The summed E-state index contributed by atoms with van der Waals surface area (Å²) in [5.74, 6) is 7.68. The quantitative estimate of drug-likeness (QED) is 0.525. The van der Waals surface area contributed by atoms with E-state index >= 15 is 0 Å². The number of para-hydroxylation sites is 1. The Morgan fingerprint density at radius 1 is 1.21 bits per heavy atom. The van der Waals surface area contributed by atoms with Crippen LogP contribution in [0, 0.1) is 20.2 Å². The Morgan fingerprint density at radius 3 is 2.29 bits per heavy atom. The van der Waals surface area contributed by atoms with Crippen LogP contribution in [0.4, 0.5) is 11.4 Å². The van der Waals surface area contributed by atoms with Crippen LogP contribution in [-0.2, 0) is 0 Å². The molecule has 1 aromatic carbocycles. The molecule has 2 radical (unpaired) electrons. The van der Waals surface area contributed by atoms with Crippen molar-refractivity contribution < 1.29 is 14.7 Å². The van der Waals surface area contributed by atoms with E-state index in [2.05, 4.69) is 4.84 Å². The van der Waals surface area contributed by atoms with Crippen LogP contribution in [0.5, 0.6) is 5.75 Å². The van der Waals surface area contributed by atoms with Gasteiger partial charge in [0.25, 0.3) is 0 Å². The van der Waals surface area contributed by atoms with E-state index in [1.165, 1.54) is 0 Å². The predicted molar refractivity (Wildman–Crippen MR) is 42.5 cm³/mol. The first kappa shape index (κ1) is 9.86. The minimum atomic E-state index is -0.996. The standard InChI is InChI=1S/C6H3N3O5/c7-14-5-3-1-2-4(8(10)11)6(5)9(12)13/h1-3H. The zero-order valence-electron chi connectivity index (χ0n) is 6.61. The molecule has 0 aromatic heterocycles. The predicted octanol–water partition coefficient (Wildman–Crippen LogP) is 0.865. The monoisotopic (exact) mass is 197 g/mol.